The summed E-state index contributed by atoms with van der Waals surface area (Å²) in [4.78, 5) is 11.0. The van der Waals surface area contributed by atoms with Gasteiger partial charge in [-0.05, 0) is 46.5 Å². The normalized spacial score (nSPS) is 18.0. The molecule has 2 rings (SSSR count). The smallest absolute Gasteiger partial charge is 0.333 e. The van der Waals surface area contributed by atoms with E-state index >= 15 is 0 Å². The van der Waals surface area contributed by atoms with Crippen LogP contribution in [0.1, 0.15) is 45.3 Å². The predicted octanol–water partition coefficient (Wildman–Crippen LogP) is 2.91. The van der Waals surface area contributed by atoms with E-state index in [0.29, 0.717) is 17.4 Å². The Hall–Kier alpha value is -1.63. The molecule has 7 nitrogen and oxygen atoms in total. The molecule has 7 heteroatoms. The van der Waals surface area contributed by atoms with Gasteiger partial charge >= 0.3 is 5.69 Å². The first-order chi connectivity index (χ1) is 9.91. The zero-order chi connectivity index (χ0) is 15.6. The standard InChI is InChI=1S/C14H24N4O3/c1-9(2)17-14(13(18(19)20)11(4)16-17)15-10(3)12-5-7-21-8-6-12/h9-10,12,15H,5-8H2,1-4H3. The number of rotatable bonds is 5. The lowest BCUT2D eigenvalue weighted by Crippen LogP contribution is -2.32. The van der Waals surface area contributed by atoms with Crippen LogP contribution in [-0.2, 0) is 4.74 Å². The molecule has 1 aromatic rings. The number of nitrogens with one attached hydrogen (secondary N) is 1. The van der Waals surface area contributed by atoms with E-state index in [1.165, 1.54) is 0 Å². The maximum atomic E-state index is 11.3. The van der Waals surface area contributed by atoms with Crippen molar-refractivity contribution in [2.75, 3.05) is 18.5 Å². The zero-order valence-corrected chi connectivity index (χ0v) is 13.1. The maximum Gasteiger partial charge on any atom is 0.333 e. The minimum absolute atomic E-state index is 0.0711. The van der Waals surface area contributed by atoms with E-state index in [1.807, 2.05) is 13.8 Å². The number of hydrogen-bond donors (Lipinski definition) is 1. The van der Waals surface area contributed by atoms with Gasteiger partial charge in [0.1, 0.15) is 5.69 Å². The summed E-state index contributed by atoms with van der Waals surface area (Å²) in [5.41, 5.74) is 0.540. The number of nitro groups is 1. The number of aromatic nitrogens is 2. The highest BCUT2D eigenvalue weighted by Crippen LogP contribution is 2.32. The molecule has 0 spiro atoms. The van der Waals surface area contributed by atoms with Gasteiger partial charge in [-0.15, -0.1) is 0 Å². The Balaban J connectivity index is 2.26. The van der Waals surface area contributed by atoms with Gasteiger partial charge in [0.05, 0.1) is 4.92 Å². The lowest BCUT2D eigenvalue weighted by Gasteiger charge is -2.29. The summed E-state index contributed by atoms with van der Waals surface area (Å²) in [5, 5.41) is 19.0. The maximum absolute atomic E-state index is 11.3. The Bertz CT molecular complexity index is 507. The second-order valence-corrected chi connectivity index (χ2v) is 5.96. The molecule has 0 bridgehead atoms. The lowest BCUT2D eigenvalue weighted by atomic mass is 9.93. The van der Waals surface area contributed by atoms with E-state index in [0.717, 1.165) is 26.1 Å². The Kier molecular flexibility index (Phi) is 4.82. The molecule has 1 atom stereocenters. The molecule has 1 aliphatic heterocycles. The van der Waals surface area contributed by atoms with Crippen LogP contribution in [0, 0.1) is 23.0 Å². The number of anilines is 1. The van der Waals surface area contributed by atoms with Gasteiger partial charge in [-0.3, -0.25) is 10.1 Å². The van der Waals surface area contributed by atoms with Crippen LogP contribution in [0.5, 0.6) is 0 Å². The average molecular weight is 296 g/mol. The van der Waals surface area contributed by atoms with E-state index in [-0.39, 0.29) is 22.7 Å². The van der Waals surface area contributed by atoms with E-state index in [1.54, 1.807) is 11.6 Å². The molecule has 1 aromatic heterocycles. The third kappa shape index (κ3) is 3.34. The molecule has 118 valence electrons. The summed E-state index contributed by atoms with van der Waals surface area (Å²) in [7, 11) is 0. The predicted molar refractivity (Wildman–Crippen MR) is 80.6 cm³/mol. The fraction of sp³-hybridized carbons (Fsp3) is 0.786. The first-order valence-corrected chi connectivity index (χ1v) is 7.49. The molecule has 0 amide bonds. The zero-order valence-electron chi connectivity index (χ0n) is 13.1. The minimum Gasteiger partial charge on any atom is -0.381 e. The summed E-state index contributed by atoms with van der Waals surface area (Å²) in [6.45, 7) is 9.23. The second kappa shape index (κ2) is 6.43. The Morgan fingerprint density at radius 1 is 1.38 bits per heavy atom. The van der Waals surface area contributed by atoms with Crippen LogP contribution < -0.4 is 5.32 Å². The molecule has 1 N–H and O–H groups in total. The van der Waals surface area contributed by atoms with Crippen molar-refractivity contribution in [3.05, 3.63) is 15.8 Å². The van der Waals surface area contributed by atoms with Crippen LogP contribution >= 0.6 is 0 Å². The molecule has 0 aliphatic carbocycles. The molecule has 1 aliphatic rings. The van der Waals surface area contributed by atoms with Gasteiger partial charge in [-0.25, -0.2) is 4.68 Å². The van der Waals surface area contributed by atoms with Crippen LogP contribution in [0.15, 0.2) is 0 Å². The van der Waals surface area contributed by atoms with Gasteiger partial charge in [-0.1, -0.05) is 0 Å². The lowest BCUT2D eigenvalue weighted by molar-refractivity contribution is -0.384. The highest BCUT2D eigenvalue weighted by molar-refractivity contribution is 5.60. The molecular weight excluding hydrogens is 272 g/mol. The van der Waals surface area contributed by atoms with Crippen LogP contribution in [0.3, 0.4) is 0 Å². The van der Waals surface area contributed by atoms with E-state index in [4.69, 9.17) is 4.74 Å². The largest absolute Gasteiger partial charge is 0.381 e. The van der Waals surface area contributed by atoms with Crippen molar-refractivity contribution in [2.24, 2.45) is 5.92 Å². The van der Waals surface area contributed by atoms with Crippen molar-refractivity contribution in [3.63, 3.8) is 0 Å². The third-order valence-corrected chi connectivity index (χ3v) is 4.06. The van der Waals surface area contributed by atoms with Gasteiger partial charge in [0, 0.05) is 25.3 Å². The third-order valence-electron chi connectivity index (χ3n) is 4.06. The quantitative estimate of drug-likeness (QED) is 0.667. The van der Waals surface area contributed by atoms with Crippen LogP contribution in [0.4, 0.5) is 11.5 Å². The molecule has 0 radical (unpaired) electrons. The summed E-state index contributed by atoms with van der Waals surface area (Å²) in [5.74, 6) is 0.987. The fourth-order valence-corrected chi connectivity index (χ4v) is 2.81. The van der Waals surface area contributed by atoms with Crippen molar-refractivity contribution in [1.29, 1.82) is 0 Å². The SMILES string of the molecule is Cc1nn(C(C)C)c(NC(C)C2CCOCC2)c1[N+](=O)[O-]. The van der Waals surface area contributed by atoms with Gasteiger partial charge in [0.15, 0.2) is 0 Å². The number of hydrogen-bond acceptors (Lipinski definition) is 5. The first kappa shape index (κ1) is 15.8. The van der Waals surface area contributed by atoms with Crippen molar-refractivity contribution >= 4 is 11.5 Å². The summed E-state index contributed by atoms with van der Waals surface area (Å²) in [6, 6.07) is 0.225. The number of ether oxygens (including phenoxy) is 1. The number of aryl methyl sites for hydroxylation is 1. The molecule has 1 saturated heterocycles. The number of nitrogens with zero attached hydrogens (tertiary/aromatic N) is 3. The molecule has 21 heavy (non-hydrogen) atoms. The average Bonchev–Trinajstić information content (AvgIpc) is 2.76. The summed E-state index contributed by atoms with van der Waals surface area (Å²) >= 11 is 0. The first-order valence-electron chi connectivity index (χ1n) is 7.49. The van der Waals surface area contributed by atoms with Crippen molar-refractivity contribution in [3.8, 4) is 0 Å². The molecule has 0 aromatic carbocycles. The molecule has 1 unspecified atom stereocenters. The van der Waals surface area contributed by atoms with Gasteiger partial charge in [0.2, 0.25) is 5.82 Å². The van der Waals surface area contributed by atoms with Crippen LogP contribution in [-0.4, -0.2) is 34.0 Å². The Labute approximate surface area is 124 Å². The van der Waals surface area contributed by atoms with Crippen molar-refractivity contribution < 1.29 is 9.66 Å². The molecular formula is C14H24N4O3. The second-order valence-electron chi connectivity index (χ2n) is 5.96. The highest BCUT2D eigenvalue weighted by Gasteiger charge is 2.29. The minimum atomic E-state index is -0.347. The fourth-order valence-electron chi connectivity index (χ4n) is 2.81. The highest BCUT2D eigenvalue weighted by atomic mass is 16.6. The summed E-state index contributed by atoms with van der Waals surface area (Å²) < 4.78 is 7.09. The van der Waals surface area contributed by atoms with E-state index in [2.05, 4.69) is 17.3 Å². The van der Waals surface area contributed by atoms with Gasteiger partial charge in [-0.2, -0.15) is 5.10 Å². The summed E-state index contributed by atoms with van der Waals surface area (Å²) in [6.07, 6.45) is 1.97. The van der Waals surface area contributed by atoms with Gasteiger partial charge < -0.3 is 10.1 Å². The topological polar surface area (TPSA) is 82.2 Å². The van der Waals surface area contributed by atoms with Crippen molar-refractivity contribution in [1.82, 2.24) is 9.78 Å². The Morgan fingerprint density at radius 3 is 2.52 bits per heavy atom. The van der Waals surface area contributed by atoms with E-state index in [9.17, 15) is 10.1 Å². The van der Waals surface area contributed by atoms with Gasteiger partial charge in [0.25, 0.3) is 0 Å². The molecule has 1 fully saturated rings. The molecule has 2 heterocycles. The van der Waals surface area contributed by atoms with Crippen LogP contribution in [0.2, 0.25) is 0 Å². The monoisotopic (exact) mass is 296 g/mol. The van der Waals surface area contributed by atoms with Crippen LogP contribution in [0.25, 0.3) is 0 Å². The Morgan fingerprint density at radius 2 is 2.00 bits per heavy atom. The molecule has 0 saturated carbocycles. The van der Waals surface area contributed by atoms with E-state index < -0.39 is 0 Å². The van der Waals surface area contributed by atoms with Crippen molar-refractivity contribution in [2.45, 2.75) is 52.6 Å².